The maximum absolute atomic E-state index is 14.9. The fourth-order valence-corrected chi connectivity index (χ4v) is 8.16. The zero-order chi connectivity index (χ0) is 44.5. The van der Waals surface area contributed by atoms with Gasteiger partial charge in [0.05, 0.1) is 29.0 Å². The Balaban J connectivity index is 1.38. The van der Waals surface area contributed by atoms with Gasteiger partial charge in [0.1, 0.15) is 23.7 Å². The number of nitrogens with one attached hydrogen (secondary N) is 4. The van der Waals surface area contributed by atoms with Crippen molar-refractivity contribution < 1.29 is 39.2 Å². The van der Waals surface area contributed by atoms with Crippen LogP contribution >= 0.6 is 12.2 Å². The lowest BCUT2D eigenvalue weighted by atomic mass is 9.76. The lowest BCUT2D eigenvalue weighted by Gasteiger charge is -2.49. The number of aliphatic imine (C=N–C) groups is 1. The normalized spacial score (nSPS) is 20.3. The molecule has 1 fully saturated rings. The highest BCUT2D eigenvalue weighted by atomic mass is 32.1. The van der Waals surface area contributed by atoms with Crippen LogP contribution in [0, 0.1) is 0 Å². The van der Waals surface area contributed by atoms with Crippen molar-refractivity contribution in [2.75, 3.05) is 25.0 Å². The van der Waals surface area contributed by atoms with Gasteiger partial charge in [-0.2, -0.15) is 0 Å². The number of carboxylic acid groups (broad SMARTS) is 1. The predicted octanol–water partition coefficient (Wildman–Crippen LogP) is 4.21. The minimum atomic E-state index is -1.27. The Morgan fingerprint density at radius 2 is 1.87 bits per heavy atom. The molecule has 61 heavy (non-hydrogen) atoms. The molecule has 1 aromatic rings. The van der Waals surface area contributed by atoms with Gasteiger partial charge in [0.25, 0.3) is 0 Å². The van der Waals surface area contributed by atoms with Crippen molar-refractivity contribution in [1.82, 2.24) is 16.0 Å². The number of rotatable bonds is 20. The maximum atomic E-state index is 14.9. The third kappa shape index (κ3) is 10.6. The summed E-state index contributed by atoms with van der Waals surface area (Å²) in [6.45, 7) is 8.42. The second kappa shape index (κ2) is 20.0. The maximum Gasteiger partial charge on any atom is 0.336 e. The molecule has 5 rings (SSSR count). The molecule has 0 amide bonds. The Bertz CT molecular complexity index is 2090. The second-order valence-electron chi connectivity index (χ2n) is 15.7. The number of nitrogens with zero attached hydrogens (tertiary/aromatic N) is 1. The first kappa shape index (κ1) is 46.7. The van der Waals surface area contributed by atoms with Gasteiger partial charge in [-0.1, -0.05) is 58.1 Å². The van der Waals surface area contributed by atoms with Crippen molar-refractivity contribution in [3.05, 3.63) is 94.2 Å². The van der Waals surface area contributed by atoms with Gasteiger partial charge < -0.3 is 52.6 Å². The van der Waals surface area contributed by atoms with Gasteiger partial charge in [-0.3, -0.25) is 25.2 Å². The summed E-state index contributed by atoms with van der Waals surface area (Å²) in [6, 6.07) is 4.31. The van der Waals surface area contributed by atoms with Gasteiger partial charge in [-0.15, -0.1) is 0 Å². The van der Waals surface area contributed by atoms with Crippen LogP contribution in [0.2, 0.25) is 0 Å². The summed E-state index contributed by atoms with van der Waals surface area (Å²) in [5.74, 6) is -0.978. The number of esters is 1. The molecule has 1 saturated heterocycles. The van der Waals surface area contributed by atoms with Crippen molar-refractivity contribution in [2.24, 2.45) is 22.2 Å². The van der Waals surface area contributed by atoms with E-state index in [4.69, 9.17) is 38.9 Å². The van der Waals surface area contributed by atoms with Gasteiger partial charge in [0, 0.05) is 54.4 Å². The van der Waals surface area contributed by atoms with Crippen molar-refractivity contribution in [1.29, 1.82) is 0 Å². The van der Waals surface area contributed by atoms with E-state index in [0.29, 0.717) is 105 Å². The number of fused-ring (bicyclic) bond motifs is 1. The fourth-order valence-electron chi connectivity index (χ4n) is 7.87. The van der Waals surface area contributed by atoms with Crippen molar-refractivity contribution in [3.8, 4) is 0 Å². The van der Waals surface area contributed by atoms with Crippen LogP contribution in [0.1, 0.15) is 101 Å². The highest BCUT2D eigenvalue weighted by molar-refractivity contribution is 7.80. The lowest BCUT2D eigenvalue weighted by molar-refractivity contribution is -0.151. The smallest absolute Gasteiger partial charge is 0.336 e. The molecule has 2 heterocycles. The molecule has 4 aliphatic rings. The first-order chi connectivity index (χ1) is 29.0. The third-order valence-corrected chi connectivity index (χ3v) is 12.0. The number of aromatic carboxylic acids is 1. The number of carboxylic acids is 1. The molecule has 1 aromatic carbocycles. The number of allylic oxidation sites excluding steroid dienone is 6. The molecule has 330 valence electrons. The number of carbonyl (C=O) groups excluding carboxylic acids is 2. The Labute approximate surface area is 362 Å². The number of unbranched alkanes of at least 4 members (excludes halogenated alkanes) is 1. The van der Waals surface area contributed by atoms with E-state index < -0.39 is 40.8 Å². The summed E-state index contributed by atoms with van der Waals surface area (Å²) in [5, 5.41) is 44.3. The summed E-state index contributed by atoms with van der Waals surface area (Å²) in [4.78, 5) is 44.9. The number of aliphatic hydroxyl groups is 2. The molecule has 0 radical (unpaired) electrons. The molecular formula is C44H60N8O8S. The van der Waals surface area contributed by atoms with Crippen molar-refractivity contribution >= 4 is 52.3 Å². The Morgan fingerprint density at radius 3 is 2.49 bits per heavy atom. The largest absolute Gasteiger partial charge is 0.512 e. The number of Topliss-reactive ketones (excluding diaryl/α,β-unsaturated/α-hetero) is 1. The zero-order valence-corrected chi connectivity index (χ0v) is 36.1. The molecular weight excluding hydrogens is 801 g/mol. The van der Waals surface area contributed by atoms with Gasteiger partial charge in [-0.25, -0.2) is 4.79 Å². The number of hydrogen-bond donors (Lipinski definition) is 10. The van der Waals surface area contributed by atoms with Crippen LogP contribution < -0.4 is 38.5 Å². The summed E-state index contributed by atoms with van der Waals surface area (Å²) in [7, 11) is 0. The summed E-state index contributed by atoms with van der Waals surface area (Å²) in [5.41, 5.74) is 16.5. The number of carbonyl (C=O) groups is 3. The van der Waals surface area contributed by atoms with E-state index in [1.54, 1.807) is 24.3 Å². The van der Waals surface area contributed by atoms with Crippen molar-refractivity contribution in [3.63, 3.8) is 0 Å². The zero-order valence-electron chi connectivity index (χ0n) is 35.3. The van der Waals surface area contributed by atoms with E-state index in [0.717, 1.165) is 5.57 Å². The number of guanidine groups is 1. The number of nitrogens with two attached hydrogens (primary N) is 3. The summed E-state index contributed by atoms with van der Waals surface area (Å²) < 4.78 is 11.8. The Kier molecular flexibility index (Phi) is 15.3. The molecule has 3 atom stereocenters. The first-order valence-corrected chi connectivity index (χ1v) is 21.3. The molecule has 16 nitrogen and oxygen atoms in total. The number of thiocarbonyl (C=S) groups is 1. The molecule has 0 aromatic heterocycles. The monoisotopic (exact) mass is 860 g/mol. The minimum absolute atomic E-state index is 0.0168. The van der Waals surface area contributed by atoms with E-state index in [9.17, 15) is 29.7 Å². The average molecular weight is 861 g/mol. The van der Waals surface area contributed by atoms with Crippen LogP contribution in [0.15, 0.2) is 88.1 Å². The summed E-state index contributed by atoms with van der Waals surface area (Å²) in [6.07, 6.45) is 13.4. The molecule has 0 bridgehead atoms. The van der Waals surface area contributed by atoms with Gasteiger partial charge in [0.15, 0.2) is 22.5 Å². The van der Waals surface area contributed by atoms with E-state index in [1.165, 1.54) is 18.2 Å². The minimum Gasteiger partial charge on any atom is -0.512 e. The van der Waals surface area contributed by atoms with Crippen LogP contribution in [-0.2, 0) is 19.1 Å². The Hall–Kier alpha value is -5.33. The predicted molar refractivity (Wildman–Crippen MR) is 239 cm³/mol. The lowest BCUT2D eigenvalue weighted by Crippen LogP contribution is -2.78. The second-order valence-corrected chi connectivity index (χ2v) is 16.1. The van der Waals surface area contributed by atoms with E-state index in [-0.39, 0.29) is 34.8 Å². The molecule has 0 saturated carbocycles. The van der Waals surface area contributed by atoms with Crippen LogP contribution in [0.5, 0.6) is 0 Å². The van der Waals surface area contributed by atoms with E-state index >= 15 is 0 Å². The summed E-state index contributed by atoms with van der Waals surface area (Å²) >= 11 is 5.77. The molecule has 13 N–H and O–H groups in total. The number of ether oxygens (including phenoxy) is 2. The number of hydrogen-bond acceptors (Lipinski definition) is 12. The average Bonchev–Trinajstić information content (AvgIpc) is 3.22. The topological polar surface area (TPSA) is 269 Å². The SMILES string of the molecule is CCC(N)(CC)C(=O)OCC(/C=C/CCCN=C(N)N)NC(CC)(CC)C(=O)C1(NC(=S)Nc2ccc(C3=C4C=CC(O)C=C4OC4=C3CCC(O)=C4)c(C(=O)O)c2)CCN1. The highest BCUT2D eigenvalue weighted by Gasteiger charge is 2.53. The first-order valence-electron chi connectivity index (χ1n) is 20.9. The highest BCUT2D eigenvalue weighted by Crippen LogP contribution is 2.46. The fraction of sp³-hybridized carbons (Fsp3) is 0.477. The molecule has 2 aliphatic heterocycles. The Morgan fingerprint density at radius 1 is 1.15 bits per heavy atom. The van der Waals surface area contributed by atoms with Crippen LogP contribution in [-0.4, -0.2) is 92.7 Å². The van der Waals surface area contributed by atoms with Gasteiger partial charge in [0.2, 0.25) is 0 Å². The number of ketones is 1. The number of anilines is 1. The van der Waals surface area contributed by atoms with E-state index in [2.05, 4.69) is 26.3 Å². The van der Waals surface area contributed by atoms with Gasteiger partial charge >= 0.3 is 11.9 Å². The number of benzene rings is 1. The van der Waals surface area contributed by atoms with Gasteiger partial charge in [-0.05, 0) is 80.9 Å². The van der Waals surface area contributed by atoms with E-state index in [1.807, 2.05) is 39.8 Å². The van der Waals surface area contributed by atoms with Crippen molar-refractivity contribution in [2.45, 2.75) is 114 Å². The molecule has 17 heteroatoms. The molecule has 0 spiro atoms. The molecule has 2 aliphatic carbocycles. The third-order valence-electron chi connectivity index (χ3n) is 11.8. The number of aliphatic hydroxyl groups excluding tert-OH is 2. The molecule has 3 unspecified atom stereocenters. The standard InChI is InChI=1S/C44H60N8O8S/c1-5-42(47,6-2)39(58)59-25-27(12-10-9-11-20-48-40(45)46)51-43(7-3,8-4)38(57)44(19-21-49-44)52-41(61)50-26-13-16-30(33(22-26)37(55)56)36-31-17-14-28(53)23-34(31)60-35-24-29(54)15-18-32(35)36/h10,12-14,16-17,22-24,27-28,49,51,53-54H,5-9,11,15,18-21,25,47H2,1-4H3,(H,55,56)(H4,45,46,48)(H2,50,52,61)/b12-10+. The van der Waals surface area contributed by atoms with Crippen LogP contribution in [0.4, 0.5) is 5.69 Å². The quantitative estimate of drug-likeness (QED) is 0.0220. The van der Waals surface area contributed by atoms with Crippen LogP contribution in [0.3, 0.4) is 0 Å². The van der Waals surface area contributed by atoms with Crippen LogP contribution in [0.25, 0.3) is 5.57 Å².